The standard InChI is InChI=1S/C16H15BrN2O2/c1-11-7-8-13(17)14(9-11)19-15(20)10-18-16(21)12-5-3-2-4-6-12/h2-9H,10H2,1H3,(H,18,21)(H,19,20). The van der Waals surface area contributed by atoms with Gasteiger partial charge in [-0.25, -0.2) is 0 Å². The Morgan fingerprint density at radius 1 is 1.10 bits per heavy atom. The zero-order chi connectivity index (χ0) is 15.2. The normalized spacial score (nSPS) is 10.0. The van der Waals surface area contributed by atoms with Crippen LogP contribution in [0, 0.1) is 6.92 Å². The average molecular weight is 347 g/mol. The van der Waals surface area contributed by atoms with Crippen LogP contribution in [0.25, 0.3) is 0 Å². The molecule has 0 saturated carbocycles. The van der Waals surface area contributed by atoms with Gasteiger partial charge in [0.25, 0.3) is 5.91 Å². The van der Waals surface area contributed by atoms with E-state index in [1.807, 2.05) is 31.2 Å². The Hall–Kier alpha value is -2.14. The first-order valence-corrected chi connectivity index (χ1v) is 7.25. The topological polar surface area (TPSA) is 58.2 Å². The molecule has 2 N–H and O–H groups in total. The van der Waals surface area contributed by atoms with Crippen LogP contribution in [-0.2, 0) is 4.79 Å². The molecular formula is C16H15BrN2O2. The molecule has 0 radical (unpaired) electrons. The van der Waals surface area contributed by atoms with Gasteiger partial charge in [-0.05, 0) is 52.7 Å². The van der Waals surface area contributed by atoms with Crippen LogP contribution < -0.4 is 10.6 Å². The molecular weight excluding hydrogens is 332 g/mol. The smallest absolute Gasteiger partial charge is 0.251 e. The highest BCUT2D eigenvalue weighted by atomic mass is 79.9. The lowest BCUT2D eigenvalue weighted by Crippen LogP contribution is -2.32. The van der Waals surface area contributed by atoms with Gasteiger partial charge in [0, 0.05) is 10.0 Å². The highest BCUT2D eigenvalue weighted by molar-refractivity contribution is 9.10. The third kappa shape index (κ3) is 4.43. The second-order valence-corrected chi connectivity index (χ2v) is 5.43. The van der Waals surface area contributed by atoms with Gasteiger partial charge in [-0.15, -0.1) is 0 Å². The van der Waals surface area contributed by atoms with Crippen molar-refractivity contribution >= 4 is 33.4 Å². The van der Waals surface area contributed by atoms with Crippen molar-refractivity contribution in [3.05, 3.63) is 64.1 Å². The van der Waals surface area contributed by atoms with E-state index in [0.717, 1.165) is 10.0 Å². The van der Waals surface area contributed by atoms with Gasteiger partial charge in [0.15, 0.2) is 0 Å². The lowest BCUT2D eigenvalue weighted by Gasteiger charge is -2.09. The van der Waals surface area contributed by atoms with Crippen LogP contribution in [0.4, 0.5) is 5.69 Å². The lowest BCUT2D eigenvalue weighted by molar-refractivity contribution is -0.115. The molecule has 4 nitrogen and oxygen atoms in total. The van der Waals surface area contributed by atoms with Gasteiger partial charge in [-0.1, -0.05) is 24.3 Å². The molecule has 0 spiro atoms. The molecule has 0 atom stereocenters. The Balaban J connectivity index is 1.91. The molecule has 0 aliphatic heterocycles. The Kier molecular flexibility index (Phi) is 5.11. The Morgan fingerprint density at radius 2 is 1.81 bits per heavy atom. The van der Waals surface area contributed by atoms with Crippen molar-refractivity contribution in [1.29, 1.82) is 0 Å². The fourth-order valence-electron chi connectivity index (χ4n) is 1.78. The van der Waals surface area contributed by atoms with E-state index < -0.39 is 0 Å². The maximum atomic E-state index is 11.9. The van der Waals surface area contributed by atoms with E-state index in [2.05, 4.69) is 26.6 Å². The Bertz CT molecular complexity index is 657. The van der Waals surface area contributed by atoms with Gasteiger partial charge in [-0.2, -0.15) is 0 Å². The average Bonchev–Trinajstić information content (AvgIpc) is 2.49. The fraction of sp³-hybridized carbons (Fsp3) is 0.125. The molecule has 0 aliphatic rings. The summed E-state index contributed by atoms with van der Waals surface area (Å²) < 4.78 is 0.802. The summed E-state index contributed by atoms with van der Waals surface area (Å²) in [6, 6.07) is 14.5. The number of rotatable bonds is 4. The van der Waals surface area contributed by atoms with Crippen LogP contribution >= 0.6 is 15.9 Å². The number of hydrogen-bond acceptors (Lipinski definition) is 2. The highest BCUT2D eigenvalue weighted by Crippen LogP contribution is 2.23. The number of benzene rings is 2. The van der Waals surface area contributed by atoms with E-state index in [1.54, 1.807) is 24.3 Å². The number of amides is 2. The van der Waals surface area contributed by atoms with E-state index in [0.29, 0.717) is 11.3 Å². The van der Waals surface area contributed by atoms with E-state index in [4.69, 9.17) is 0 Å². The molecule has 0 aromatic heterocycles. The predicted molar refractivity (Wildman–Crippen MR) is 86.3 cm³/mol. The molecule has 0 fully saturated rings. The van der Waals surface area contributed by atoms with Crippen molar-refractivity contribution in [2.24, 2.45) is 0 Å². The number of nitrogens with one attached hydrogen (secondary N) is 2. The molecule has 0 unspecified atom stereocenters. The van der Waals surface area contributed by atoms with Crippen LogP contribution in [0.15, 0.2) is 53.0 Å². The lowest BCUT2D eigenvalue weighted by atomic mass is 10.2. The fourth-order valence-corrected chi connectivity index (χ4v) is 2.13. The summed E-state index contributed by atoms with van der Waals surface area (Å²) in [5.74, 6) is -0.542. The largest absolute Gasteiger partial charge is 0.343 e. The first kappa shape index (κ1) is 15.3. The molecule has 5 heteroatoms. The van der Waals surface area contributed by atoms with Gasteiger partial charge in [0.05, 0.1) is 12.2 Å². The molecule has 0 heterocycles. The first-order chi connectivity index (χ1) is 10.1. The zero-order valence-corrected chi connectivity index (χ0v) is 13.1. The van der Waals surface area contributed by atoms with Crippen LogP contribution in [0.1, 0.15) is 15.9 Å². The summed E-state index contributed by atoms with van der Waals surface area (Å²) >= 11 is 3.37. The molecule has 0 bridgehead atoms. The van der Waals surface area contributed by atoms with E-state index in [9.17, 15) is 9.59 Å². The predicted octanol–water partition coefficient (Wildman–Crippen LogP) is 3.13. The third-order valence-corrected chi connectivity index (χ3v) is 3.53. The molecule has 21 heavy (non-hydrogen) atoms. The van der Waals surface area contributed by atoms with Gasteiger partial charge >= 0.3 is 0 Å². The summed E-state index contributed by atoms with van der Waals surface area (Å²) in [5.41, 5.74) is 2.26. The minimum Gasteiger partial charge on any atom is -0.343 e. The maximum absolute atomic E-state index is 11.9. The van der Waals surface area contributed by atoms with Gasteiger partial charge in [0.2, 0.25) is 5.91 Å². The van der Waals surface area contributed by atoms with E-state index >= 15 is 0 Å². The molecule has 0 saturated heterocycles. The van der Waals surface area contributed by atoms with Crippen LogP contribution in [0.3, 0.4) is 0 Å². The summed E-state index contributed by atoms with van der Waals surface area (Å²) in [5, 5.41) is 5.34. The Morgan fingerprint density at radius 3 is 2.52 bits per heavy atom. The van der Waals surface area contributed by atoms with Crippen molar-refractivity contribution in [2.75, 3.05) is 11.9 Å². The summed E-state index contributed by atoms with van der Waals surface area (Å²) in [7, 11) is 0. The molecule has 2 amide bonds. The summed E-state index contributed by atoms with van der Waals surface area (Å²) in [6.07, 6.45) is 0. The maximum Gasteiger partial charge on any atom is 0.251 e. The minimum absolute atomic E-state index is 0.0753. The first-order valence-electron chi connectivity index (χ1n) is 6.45. The number of halogens is 1. The number of aryl methyl sites for hydroxylation is 1. The third-order valence-electron chi connectivity index (χ3n) is 2.84. The minimum atomic E-state index is -0.273. The van der Waals surface area contributed by atoms with Gasteiger partial charge < -0.3 is 10.6 Å². The van der Waals surface area contributed by atoms with Crippen molar-refractivity contribution in [3.63, 3.8) is 0 Å². The SMILES string of the molecule is Cc1ccc(Br)c(NC(=O)CNC(=O)c2ccccc2)c1. The Labute approximate surface area is 131 Å². The molecule has 0 aliphatic carbocycles. The van der Waals surface area contributed by atoms with Crippen molar-refractivity contribution in [1.82, 2.24) is 5.32 Å². The van der Waals surface area contributed by atoms with Gasteiger partial charge in [-0.3, -0.25) is 9.59 Å². The molecule has 2 aromatic carbocycles. The molecule has 2 rings (SSSR count). The van der Waals surface area contributed by atoms with Gasteiger partial charge in [0.1, 0.15) is 0 Å². The number of hydrogen-bond donors (Lipinski definition) is 2. The second kappa shape index (κ2) is 7.04. The highest BCUT2D eigenvalue weighted by Gasteiger charge is 2.09. The van der Waals surface area contributed by atoms with E-state index in [1.165, 1.54) is 0 Å². The summed E-state index contributed by atoms with van der Waals surface area (Å²) in [4.78, 5) is 23.7. The number of carbonyl (C=O) groups excluding carboxylic acids is 2. The van der Waals surface area contributed by atoms with Crippen molar-refractivity contribution < 1.29 is 9.59 Å². The van der Waals surface area contributed by atoms with Crippen LogP contribution in [0.2, 0.25) is 0 Å². The van der Waals surface area contributed by atoms with E-state index in [-0.39, 0.29) is 18.4 Å². The zero-order valence-electron chi connectivity index (χ0n) is 11.5. The number of anilines is 1. The molecule has 108 valence electrons. The number of carbonyl (C=O) groups is 2. The molecule has 2 aromatic rings. The summed E-state index contributed by atoms with van der Waals surface area (Å²) in [6.45, 7) is 1.87. The van der Waals surface area contributed by atoms with Crippen LogP contribution in [-0.4, -0.2) is 18.4 Å². The quantitative estimate of drug-likeness (QED) is 0.893. The second-order valence-electron chi connectivity index (χ2n) is 4.58. The van der Waals surface area contributed by atoms with Crippen LogP contribution in [0.5, 0.6) is 0 Å². The van der Waals surface area contributed by atoms with Crippen molar-refractivity contribution in [2.45, 2.75) is 6.92 Å². The van der Waals surface area contributed by atoms with Crippen molar-refractivity contribution in [3.8, 4) is 0 Å². The monoisotopic (exact) mass is 346 g/mol.